The lowest BCUT2D eigenvalue weighted by atomic mass is 10.2. The molecule has 0 atom stereocenters. The molecular weight excluding hydrogens is 290 g/mol. The van der Waals surface area contributed by atoms with Crippen molar-refractivity contribution in [1.82, 2.24) is 0 Å². The van der Waals surface area contributed by atoms with Gasteiger partial charge >= 0.3 is 0 Å². The summed E-state index contributed by atoms with van der Waals surface area (Å²) in [6.45, 7) is 2.69. The summed E-state index contributed by atoms with van der Waals surface area (Å²) in [7, 11) is 1.60. The Morgan fingerprint density at radius 3 is 2.61 bits per heavy atom. The maximum Gasteiger partial charge on any atom is 0.248 e. The third kappa shape index (κ3) is 5.18. The van der Waals surface area contributed by atoms with Gasteiger partial charge in [-0.3, -0.25) is 4.79 Å². The van der Waals surface area contributed by atoms with Crippen LogP contribution in [0.1, 0.15) is 18.9 Å². The third-order valence-electron chi connectivity index (χ3n) is 3.12. The number of hydrogen-bond donors (Lipinski definition) is 1. The Balaban J connectivity index is 2.02. The van der Waals surface area contributed by atoms with Gasteiger partial charge in [0.25, 0.3) is 0 Å². The fraction of sp³-hybridized carbons (Fsp3) is 0.211. The molecule has 0 bridgehead atoms. The zero-order valence-corrected chi connectivity index (χ0v) is 13.4. The summed E-state index contributed by atoms with van der Waals surface area (Å²) < 4.78 is 10.9. The number of amides is 1. The Hall–Kier alpha value is -2.75. The Morgan fingerprint density at radius 2 is 1.91 bits per heavy atom. The summed E-state index contributed by atoms with van der Waals surface area (Å²) >= 11 is 0. The second kappa shape index (κ2) is 8.63. The van der Waals surface area contributed by atoms with E-state index in [2.05, 4.69) is 12.2 Å². The monoisotopic (exact) mass is 311 g/mol. The number of hydrogen-bond acceptors (Lipinski definition) is 3. The second-order valence-electron chi connectivity index (χ2n) is 4.95. The number of nitrogens with one attached hydrogen (secondary N) is 1. The molecule has 0 heterocycles. The zero-order chi connectivity index (χ0) is 16.5. The van der Waals surface area contributed by atoms with Crippen molar-refractivity contribution in [3.8, 4) is 11.5 Å². The number of benzene rings is 2. The number of anilines is 1. The average molecular weight is 311 g/mol. The highest BCUT2D eigenvalue weighted by Crippen LogP contribution is 2.28. The fourth-order valence-corrected chi connectivity index (χ4v) is 2.00. The molecule has 1 amide bonds. The molecule has 0 aliphatic heterocycles. The van der Waals surface area contributed by atoms with E-state index >= 15 is 0 Å². The summed E-state index contributed by atoms with van der Waals surface area (Å²) in [5, 5.41) is 2.80. The van der Waals surface area contributed by atoms with Crippen LogP contribution in [0.4, 0.5) is 5.69 Å². The predicted octanol–water partition coefficient (Wildman–Crippen LogP) is 4.14. The molecule has 120 valence electrons. The van der Waals surface area contributed by atoms with Crippen molar-refractivity contribution in [2.75, 3.05) is 19.0 Å². The molecule has 0 spiro atoms. The minimum absolute atomic E-state index is 0.179. The van der Waals surface area contributed by atoms with E-state index in [1.807, 2.05) is 48.5 Å². The number of carbonyl (C=O) groups is 1. The predicted molar refractivity (Wildman–Crippen MR) is 92.9 cm³/mol. The summed E-state index contributed by atoms with van der Waals surface area (Å²) in [4.78, 5) is 11.9. The molecule has 0 aliphatic carbocycles. The van der Waals surface area contributed by atoms with Crippen LogP contribution in [0, 0.1) is 0 Å². The van der Waals surface area contributed by atoms with Crippen LogP contribution in [0.15, 0.2) is 54.6 Å². The molecule has 1 N–H and O–H groups in total. The van der Waals surface area contributed by atoms with Crippen LogP contribution in [0.2, 0.25) is 0 Å². The first-order valence-electron chi connectivity index (χ1n) is 7.58. The molecule has 23 heavy (non-hydrogen) atoms. The summed E-state index contributed by atoms with van der Waals surface area (Å²) in [6, 6.07) is 14.9. The van der Waals surface area contributed by atoms with E-state index in [9.17, 15) is 4.79 Å². The highest BCUT2D eigenvalue weighted by atomic mass is 16.5. The molecule has 0 fully saturated rings. The molecule has 2 aromatic rings. The van der Waals surface area contributed by atoms with E-state index in [1.54, 1.807) is 13.2 Å². The largest absolute Gasteiger partial charge is 0.493 e. The average Bonchev–Trinajstić information content (AvgIpc) is 2.59. The fourth-order valence-electron chi connectivity index (χ4n) is 2.00. The molecule has 0 radical (unpaired) electrons. The van der Waals surface area contributed by atoms with Crippen LogP contribution < -0.4 is 14.8 Å². The molecule has 0 aromatic heterocycles. The maximum absolute atomic E-state index is 11.9. The van der Waals surface area contributed by atoms with Crippen molar-refractivity contribution in [2.45, 2.75) is 13.3 Å². The van der Waals surface area contributed by atoms with Crippen LogP contribution >= 0.6 is 0 Å². The highest BCUT2D eigenvalue weighted by Gasteiger charge is 2.04. The van der Waals surface area contributed by atoms with Crippen molar-refractivity contribution >= 4 is 17.7 Å². The van der Waals surface area contributed by atoms with Crippen LogP contribution in [-0.2, 0) is 4.79 Å². The zero-order valence-electron chi connectivity index (χ0n) is 13.4. The van der Waals surface area contributed by atoms with Gasteiger partial charge in [-0.25, -0.2) is 0 Å². The molecule has 0 saturated carbocycles. The SMILES string of the molecule is CCCOc1ccc(C=CC(=O)Nc2ccccc2)cc1OC. The van der Waals surface area contributed by atoms with Gasteiger partial charge in [0.1, 0.15) is 0 Å². The van der Waals surface area contributed by atoms with Crippen LogP contribution in [0.25, 0.3) is 6.08 Å². The van der Waals surface area contributed by atoms with E-state index in [-0.39, 0.29) is 5.91 Å². The Bertz CT molecular complexity index is 666. The van der Waals surface area contributed by atoms with Gasteiger partial charge in [0.15, 0.2) is 11.5 Å². The Kier molecular flexibility index (Phi) is 6.24. The van der Waals surface area contributed by atoms with Gasteiger partial charge in [0, 0.05) is 11.8 Å². The van der Waals surface area contributed by atoms with Gasteiger partial charge in [-0.2, -0.15) is 0 Å². The standard InChI is InChI=1S/C19H21NO3/c1-3-13-23-17-11-9-15(14-18(17)22-2)10-12-19(21)20-16-7-5-4-6-8-16/h4-12,14H,3,13H2,1-2H3,(H,20,21). The van der Waals surface area contributed by atoms with Crippen molar-refractivity contribution < 1.29 is 14.3 Å². The van der Waals surface area contributed by atoms with Crippen molar-refractivity contribution in [3.05, 3.63) is 60.2 Å². The van der Waals surface area contributed by atoms with Crippen molar-refractivity contribution in [3.63, 3.8) is 0 Å². The summed E-state index contributed by atoms with van der Waals surface area (Å²) in [5.41, 5.74) is 1.64. The van der Waals surface area contributed by atoms with Gasteiger partial charge in [-0.1, -0.05) is 31.2 Å². The lowest BCUT2D eigenvalue weighted by Gasteiger charge is -2.10. The van der Waals surface area contributed by atoms with E-state index in [1.165, 1.54) is 6.08 Å². The van der Waals surface area contributed by atoms with E-state index in [4.69, 9.17) is 9.47 Å². The van der Waals surface area contributed by atoms with E-state index in [0.717, 1.165) is 17.7 Å². The Labute approximate surface area is 136 Å². The first-order chi connectivity index (χ1) is 11.2. The number of para-hydroxylation sites is 1. The van der Waals surface area contributed by atoms with Gasteiger partial charge in [0.2, 0.25) is 5.91 Å². The van der Waals surface area contributed by atoms with Crippen LogP contribution in [0.5, 0.6) is 11.5 Å². The molecule has 0 saturated heterocycles. The first-order valence-corrected chi connectivity index (χ1v) is 7.58. The minimum atomic E-state index is -0.179. The summed E-state index contributed by atoms with van der Waals surface area (Å²) in [5.74, 6) is 1.19. The van der Waals surface area contributed by atoms with E-state index in [0.29, 0.717) is 18.1 Å². The molecule has 4 nitrogen and oxygen atoms in total. The lowest BCUT2D eigenvalue weighted by molar-refractivity contribution is -0.111. The van der Waals surface area contributed by atoms with E-state index < -0.39 is 0 Å². The molecule has 0 unspecified atom stereocenters. The second-order valence-corrected chi connectivity index (χ2v) is 4.95. The molecule has 4 heteroatoms. The van der Waals surface area contributed by atoms with Crippen molar-refractivity contribution in [2.24, 2.45) is 0 Å². The highest BCUT2D eigenvalue weighted by molar-refractivity contribution is 6.01. The number of ether oxygens (including phenoxy) is 2. The quantitative estimate of drug-likeness (QED) is 0.782. The number of rotatable bonds is 7. The van der Waals surface area contributed by atoms with Crippen LogP contribution in [0.3, 0.4) is 0 Å². The molecule has 2 aromatic carbocycles. The smallest absolute Gasteiger partial charge is 0.248 e. The maximum atomic E-state index is 11.9. The van der Waals surface area contributed by atoms with Gasteiger partial charge in [0.05, 0.1) is 13.7 Å². The van der Waals surface area contributed by atoms with Crippen LogP contribution in [-0.4, -0.2) is 19.6 Å². The molecule has 0 aliphatic rings. The Morgan fingerprint density at radius 1 is 1.13 bits per heavy atom. The van der Waals surface area contributed by atoms with Crippen molar-refractivity contribution in [1.29, 1.82) is 0 Å². The summed E-state index contributed by atoms with van der Waals surface area (Å²) in [6.07, 6.45) is 4.17. The molecule has 2 rings (SSSR count). The minimum Gasteiger partial charge on any atom is -0.493 e. The molecular formula is C19H21NO3. The number of methoxy groups -OCH3 is 1. The van der Waals surface area contributed by atoms with Gasteiger partial charge in [-0.15, -0.1) is 0 Å². The van der Waals surface area contributed by atoms with Gasteiger partial charge in [-0.05, 0) is 42.3 Å². The third-order valence-corrected chi connectivity index (χ3v) is 3.12. The van der Waals surface area contributed by atoms with Gasteiger partial charge < -0.3 is 14.8 Å². The topological polar surface area (TPSA) is 47.6 Å². The lowest BCUT2D eigenvalue weighted by Crippen LogP contribution is -2.07. The first kappa shape index (κ1) is 16.6. The normalized spacial score (nSPS) is 10.5. The number of carbonyl (C=O) groups excluding carboxylic acids is 1.